The van der Waals surface area contributed by atoms with E-state index < -0.39 is 0 Å². The van der Waals surface area contributed by atoms with Crippen LogP contribution in [0.3, 0.4) is 0 Å². The molecule has 0 fully saturated rings. The summed E-state index contributed by atoms with van der Waals surface area (Å²) in [4.78, 5) is 11.1. The SMILES string of the molecule is CC(=O)Oc1c(C)cc(O)c2c(C)cccc12. The van der Waals surface area contributed by atoms with Gasteiger partial charge < -0.3 is 9.84 Å². The molecule has 0 aromatic heterocycles. The number of esters is 1. The van der Waals surface area contributed by atoms with E-state index in [0.717, 1.165) is 21.9 Å². The van der Waals surface area contributed by atoms with Gasteiger partial charge in [-0.2, -0.15) is 0 Å². The maximum absolute atomic E-state index is 11.1. The molecule has 0 aliphatic rings. The summed E-state index contributed by atoms with van der Waals surface area (Å²) in [7, 11) is 0. The van der Waals surface area contributed by atoms with E-state index in [1.54, 1.807) is 13.0 Å². The van der Waals surface area contributed by atoms with Gasteiger partial charge in [0.15, 0.2) is 0 Å². The van der Waals surface area contributed by atoms with Crippen LogP contribution in [0.15, 0.2) is 24.3 Å². The lowest BCUT2D eigenvalue weighted by atomic mass is 10.0. The van der Waals surface area contributed by atoms with Crippen LogP contribution in [0.5, 0.6) is 11.5 Å². The number of hydrogen-bond acceptors (Lipinski definition) is 3. The van der Waals surface area contributed by atoms with Crippen molar-refractivity contribution in [3.63, 3.8) is 0 Å². The number of aromatic hydroxyl groups is 1. The van der Waals surface area contributed by atoms with E-state index in [1.165, 1.54) is 6.92 Å². The molecule has 0 saturated carbocycles. The van der Waals surface area contributed by atoms with Crippen molar-refractivity contribution in [3.05, 3.63) is 35.4 Å². The first-order valence-corrected chi connectivity index (χ1v) is 5.41. The van der Waals surface area contributed by atoms with E-state index in [-0.39, 0.29) is 11.7 Å². The Kier molecular flexibility index (Phi) is 2.76. The molecule has 1 N–H and O–H groups in total. The zero-order valence-electron chi connectivity index (χ0n) is 10.1. The molecule has 0 unspecified atom stereocenters. The molecule has 0 spiro atoms. The maximum atomic E-state index is 11.1. The molecule has 0 aliphatic heterocycles. The molecule has 0 aliphatic carbocycles. The number of rotatable bonds is 1. The van der Waals surface area contributed by atoms with Crippen LogP contribution in [0.2, 0.25) is 0 Å². The van der Waals surface area contributed by atoms with Crippen LogP contribution in [0.1, 0.15) is 18.1 Å². The first-order chi connectivity index (χ1) is 8.00. The molecule has 0 bridgehead atoms. The molecule has 0 heterocycles. The number of phenols is 1. The number of phenolic OH excluding ortho intramolecular Hbond substituents is 1. The molecule has 0 saturated heterocycles. The topological polar surface area (TPSA) is 46.5 Å². The summed E-state index contributed by atoms with van der Waals surface area (Å²) >= 11 is 0. The van der Waals surface area contributed by atoms with Gasteiger partial charge in [0.1, 0.15) is 11.5 Å². The van der Waals surface area contributed by atoms with E-state index in [9.17, 15) is 9.90 Å². The zero-order chi connectivity index (χ0) is 12.6. The minimum absolute atomic E-state index is 0.214. The molecule has 17 heavy (non-hydrogen) atoms. The Labute approximate surface area is 99.6 Å². The summed E-state index contributed by atoms with van der Waals surface area (Å²) < 4.78 is 5.22. The fraction of sp³-hybridized carbons (Fsp3) is 0.214. The van der Waals surface area contributed by atoms with E-state index in [1.807, 2.05) is 25.1 Å². The van der Waals surface area contributed by atoms with Crippen LogP contribution in [0, 0.1) is 13.8 Å². The largest absolute Gasteiger partial charge is 0.507 e. The normalized spacial score (nSPS) is 10.5. The molecule has 0 atom stereocenters. The second kappa shape index (κ2) is 4.09. The molecule has 88 valence electrons. The number of aryl methyl sites for hydroxylation is 2. The highest BCUT2D eigenvalue weighted by Crippen LogP contribution is 2.37. The Hall–Kier alpha value is -2.03. The average Bonchev–Trinajstić information content (AvgIpc) is 2.23. The van der Waals surface area contributed by atoms with Crippen molar-refractivity contribution in [2.45, 2.75) is 20.8 Å². The molecule has 3 heteroatoms. The van der Waals surface area contributed by atoms with Gasteiger partial charge in [-0.05, 0) is 31.0 Å². The van der Waals surface area contributed by atoms with Crippen molar-refractivity contribution in [2.24, 2.45) is 0 Å². The minimum Gasteiger partial charge on any atom is -0.507 e. The van der Waals surface area contributed by atoms with E-state index in [2.05, 4.69) is 0 Å². The summed E-state index contributed by atoms with van der Waals surface area (Å²) in [6, 6.07) is 7.25. The van der Waals surface area contributed by atoms with Gasteiger partial charge in [-0.1, -0.05) is 18.2 Å². The number of ether oxygens (including phenoxy) is 1. The van der Waals surface area contributed by atoms with Crippen molar-refractivity contribution in [3.8, 4) is 11.5 Å². The van der Waals surface area contributed by atoms with E-state index in [0.29, 0.717) is 5.75 Å². The van der Waals surface area contributed by atoms with Gasteiger partial charge >= 0.3 is 5.97 Å². The van der Waals surface area contributed by atoms with Gasteiger partial charge in [0.25, 0.3) is 0 Å². The zero-order valence-corrected chi connectivity index (χ0v) is 10.1. The second-order valence-electron chi connectivity index (χ2n) is 4.13. The highest BCUT2D eigenvalue weighted by molar-refractivity contribution is 5.97. The standard InChI is InChI=1S/C14H14O3/c1-8-5-4-6-11-13(8)12(16)7-9(2)14(11)17-10(3)15/h4-7,16H,1-3H3. The van der Waals surface area contributed by atoms with Crippen molar-refractivity contribution in [1.82, 2.24) is 0 Å². The van der Waals surface area contributed by atoms with Gasteiger partial charge in [-0.25, -0.2) is 0 Å². The van der Waals surface area contributed by atoms with Crippen molar-refractivity contribution in [2.75, 3.05) is 0 Å². The van der Waals surface area contributed by atoms with Crippen molar-refractivity contribution in [1.29, 1.82) is 0 Å². The third kappa shape index (κ3) is 1.96. The number of benzene rings is 2. The van der Waals surface area contributed by atoms with Crippen molar-refractivity contribution < 1.29 is 14.6 Å². The lowest BCUT2D eigenvalue weighted by Gasteiger charge is -2.12. The number of fused-ring (bicyclic) bond motifs is 1. The smallest absolute Gasteiger partial charge is 0.308 e. The number of carbonyl (C=O) groups excluding carboxylic acids is 1. The summed E-state index contributed by atoms with van der Waals surface area (Å²) in [5.41, 5.74) is 1.70. The Bertz CT molecular complexity index is 600. The van der Waals surface area contributed by atoms with Crippen LogP contribution < -0.4 is 4.74 Å². The minimum atomic E-state index is -0.360. The lowest BCUT2D eigenvalue weighted by Crippen LogP contribution is -2.03. The fourth-order valence-corrected chi connectivity index (χ4v) is 2.03. The van der Waals surface area contributed by atoms with Crippen LogP contribution in [0.4, 0.5) is 0 Å². The molecule has 2 rings (SSSR count). The second-order valence-corrected chi connectivity index (χ2v) is 4.13. The van der Waals surface area contributed by atoms with E-state index in [4.69, 9.17) is 4.74 Å². The average molecular weight is 230 g/mol. The molecule has 2 aromatic carbocycles. The third-order valence-electron chi connectivity index (χ3n) is 2.73. The van der Waals surface area contributed by atoms with Gasteiger partial charge in [0.2, 0.25) is 0 Å². The van der Waals surface area contributed by atoms with Crippen LogP contribution in [-0.4, -0.2) is 11.1 Å². The number of carbonyl (C=O) groups is 1. The van der Waals surface area contributed by atoms with Crippen LogP contribution in [0.25, 0.3) is 10.8 Å². The molecular formula is C14H14O3. The highest BCUT2D eigenvalue weighted by Gasteiger charge is 2.13. The molecule has 3 nitrogen and oxygen atoms in total. The quantitative estimate of drug-likeness (QED) is 0.605. The Morgan fingerprint density at radius 1 is 1.24 bits per heavy atom. The Morgan fingerprint density at radius 2 is 1.94 bits per heavy atom. The summed E-state index contributed by atoms with van der Waals surface area (Å²) in [6.07, 6.45) is 0. The predicted molar refractivity (Wildman–Crippen MR) is 66.4 cm³/mol. The monoisotopic (exact) mass is 230 g/mol. The van der Waals surface area contributed by atoms with Gasteiger partial charge in [-0.15, -0.1) is 0 Å². The number of hydrogen-bond donors (Lipinski definition) is 1. The van der Waals surface area contributed by atoms with E-state index >= 15 is 0 Å². The van der Waals surface area contributed by atoms with Gasteiger partial charge in [-0.3, -0.25) is 4.79 Å². The fourth-order valence-electron chi connectivity index (χ4n) is 2.03. The van der Waals surface area contributed by atoms with Gasteiger partial charge in [0.05, 0.1) is 0 Å². The summed E-state index contributed by atoms with van der Waals surface area (Å²) in [5.74, 6) is 0.377. The van der Waals surface area contributed by atoms with Gasteiger partial charge in [0, 0.05) is 17.7 Å². The Morgan fingerprint density at radius 3 is 2.59 bits per heavy atom. The third-order valence-corrected chi connectivity index (χ3v) is 2.73. The van der Waals surface area contributed by atoms with Crippen LogP contribution in [-0.2, 0) is 4.79 Å². The molecular weight excluding hydrogens is 216 g/mol. The summed E-state index contributed by atoms with van der Waals surface area (Å²) in [5, 5.41) is 11.4. The lowest BCUT2D eigenvalue weighted by molar-refractivity contribution is -0.131. The predicted octanol–water partition coefficient (Wildman–Crippen LogP) is 3.09. The molecule has 0 radical (unpaired) electrons. The maximum Gasteiger partial charge on any atom is 0.308 e. The van der Waals surface area contributed by atoms with Crippen molar-refractivity contribution >= 4 is 16.7 Å². The first-order valence-electron chi connectivity index (χ1n) is 5.41. The first kappa shape index (κ1) is 11.5. The van der Waals surface area contributed by atoms with Crippen LogP contribution >= 0.6 is 0 Å². The molecule has 0 amide bonds. The molecule has 2 aromatic rings. The summed E-state index contributed by atoms with van der Waals surface area (Å²) in [6.45, 7) is 5.09. The Balaban J connectivity index is 2.83. The highest BCUT2D eigenvalue weighted by atomic mass is 16.5.